The Balaban J connectivity index is 1.43. The van der Waals surface area contributed by atoms with E-state index in [-0.39, 0.29) is 5.75 Å². The van der Waals surface area contributed by atoms with Crippen molar-refractivity contribution in [2.24, 2.45) is 0 Å². The maximum atomic E-state index is 9.51. The van der Waals surface area contributed by atoms with Gasteiger partial charge in [-0.3, -0.25) is 0 Å². The number of rotatable bonds is 3. The van der Waals surface area contributed by atoms with Crippen LogP contribution in [0.4, 0.5) is 17.3 Å². The van der Waals surface area contributed by atoms with Gasteiger partial charge in [0.1, 0.15) is 23.4 Å². The molecule has 1 aliphatic heterocycles. The SMILES string of the molecule is Nc1cc(-c2ccc3ncnc(N4CCN(c5ccc(O)cc5)CC4)c3n2)ccn1. The van der Waals surface area contributed by atoms with Gasteiger partial charge in [0, 0.05) is 43.6 Å². The smallest absolute Gasteiger partial charge is 0.158 e. The lowest BCUT2D eigenvalue weighted by atomic mass is 10.1. The van der Waals surface area contributed by atoms with E-state index in [9.17, 15) is 5.11 Å². The summed E-state index contributed by atoms with van der Waals surface area (Å²) in [5.41, 5.74) is 10.3. The van der Waals surface area contributed by atoms with Gasteiger partial charge in [0.2, 0.25) is 0 Å². The van der Waals surface area contributed by atoms with Crippen molar-refractivity contribution in [1.29, 1.82) is 0 Å². The van der Waals surface area contributed by atoms with Gasteiger partial charge < -0.3 is 20.6 Å². The Morgan fingerprint density at radius 2 is 1.60 bits per heavy atom. The highest BCUT2D eigenvalue weighted by Crippen LogP contribution is 2.27. The van der Waals surface area contributed by atoms with Gasteiger partial charge in [0.15, 0.2) is 5.82 Å². The molecule has 5 rings (SSSR count). The monoisotopic (exact) mass is 399 g/mol. The van der Waals surface area contributed by atoms with Gasteiger partial charge in [-0.1, -0.05) is 0 Å². The second-order valence-electron chi connectivity index (χ2n) is 7.22. The third-order valence-electron chi connectivity index (χ3n) is 5.33. The first-order chi connectivity index (χ1) is 14.7. The maximum Gasteiger partial charge on any atom is 0.158 e. The number of pyridine rings is 2. The van der Waals surface area contributed by atoms with E-state index < -0.39 is 0 Å². The lowest BCUT2D eigenvalue weighted by Gasteiger charge is -2.36. The molecule has 4 aromatic rings. The minimum Gasteiger partial charge on any atom is -0.508 e. The maximum absolute atomic E-state index is 9.51. The Morgan fingerprint density at radius 1 is 0.833 bits per heavy atom. The molecule has 1 aromatic carbocycles. The van der Waals surface area contributed by atoms with Gasteiger partial charge in [-0.05, 0) is 48.5 Å². The average molecular weight is 399 g/mol. The summed E-state index contributed by atoms with van der Waals surface area (Å²) in [6.45, 7) is 3.36. The summed E-state index contributed by atoms with van der Waals surface area (Å²) < 4.78 is 0. The van der Waals surface area contributed by atoms with Crippen LogP contribution in [0.2, 0.25) is 0 Å². The predicted molar refractivity (Wildman–Crippen MR) is 118 cm³/mol. The first-order valence-corrected chi connectivity index (χ1v) is 9.80. The molecule has 8 heteroatoms. The molecular weight excluding hydrogens is 378 g/mol. The number of phenolic OH excluding ortho intramolecular Hbond substituents is 1. The summed E-state index contributed by atoms with van der Waals surface area (Å²) in [5.74, 6) is 1.58. The zero-order valence-electron chi connectivity index (χ0n) is 16.3. The van der Waals surface area contributed by atoms with Gasteiger partial charge in [0.05, 0.1) is 11.2 Å². The van der Waals surface area contributed by atoms with Crippen molar-refractivity contribution in [2.45, 2.75) is 0 Å². The lowest BCUT2D eigenvalue weighted by Crippen LogP contribution is -2.47. The molecule has 0 amide bonds. The lowest BCUT2D eigenvalue weighted by molar-refractivity contribution is 0.475. The molecule has 0 unspecified atom stereocenters. The summed E-state index contributed by atoms with van der Waals surface area (Å²) in [6, 6.07) is 14.9. The minimum absolute atomic E-state index is 0.280. The molecule has 0 bridgehead atoms. The highest BCUT2D eigenvalue weighted by Gasteiger charge is 2.21. The topological polar surface area (TPSA) is 104 Å². The van der Waals surface area contributed by atoms with Crippen LogP contribution in [0.15, 0.2) is 61.1 Å². The molecule has 4 heterocycles. The van der Waals surface area contributed by atoms with E-state index in [1.165, 1.54) is 0 Å². The molecule has 1 fully saturated rings. The first kappa shape index (κ1) is 18.1. The number of hydrogen-bond acceptors (Lipinski definition) is 8. The molecule has 0 aliphatic carbocycles. The molecule has 30 heavy (non-hydrogen) atoms. The van der Waals surface area contributed by atoms with Crippen molar-refractivity contribution in [2.75, 3.05) is 41.7 Å². The molecule has 150 valence electrons. The zero-order chi connectivity index (χ0) is 20.5. The Kier molecular flexibility index (Phi) is 4.51. The highest BCUT2D eigenvalue weighted by molar-refractivity contribution is 5.87. The molecule has 0 radical (unpaired) electrons. The van der Waals surface area contributed by atoms with Crippen molar-refractivity contribution in [1.82, 2.24) is 19.9 Å². The fourth-order valence-corrected chi connectivity index (χ4v) is 3.77. The van der Waals surface area contributed by atoms with Crippen molar-refractivity contribution < 1.29 is 5.11 Å². The Morgan fingerprint density at radius 3 is 2.37 bits per heavy atom. The van der Waals surface area contributed by atoms with Crippen LogP contribution in [0.3, 0.4) is 0 Å². The van der Waals surface area contributed by atoms with E-state index >= 15 is 0 Å². The van der Waals surface area contributed by atoms with Crippen LogP contribution >= 0.6 is 0 Å². The number of anilines is 3. The van der Waals surface area contributed by atoms with E-state index in [2.05, 4.69) is 24.8 Å². The van der Waals surface area contributed by atoms with Crippen molar-refractivity contribution in [3.8, 4) is 17.0 Å². The summed E-state index contributed by atoms with van der Waals surface area (Å²) >= 11 is 0. The van der Waals surface area contributed by atoms with Gasteiger partial charge in [-0.15, -0.1) is 0 Å². The molecule has 1 aliphatic rings. The van der Waals surface area contributed by atoms with Gasteiger partial charge in [0.25, 0.3) is 0 Å². The molecule has 0 spiro atoms. The molecule has 0 atom stereocenters. The number of phenols is 1. The van der Waals surface area contributed by atoms with Crippen LogP contribution in [0, 0.1) is 0 Å². The second kappa shape index (κ2) is 7.47. The highest BCUT2D eigenvalue weighted by atomic mass is 16.3. The van der Waals surface area contributed by atoms with Crippen LogP contribution in [0.5, 0.6) is 5.75 Å². The fourth-order valence-electron chi connectivity index (χ4n) is 3.77. The molecule has 3 N–H and O–H groups in total. The summed E-state index contributed by atoms with van der Waals surface area (Å²) in [7, 11) is 0. The number of fused-ring (bicyclic) bond motifs is 1. The summed E-state index contributed by atoms with van der Waals surface area (Å²) in [6.07, 6.45) is 3.28. The number of nitrogen functional groups attached to an aromatic ring is 1. The van der Waals surface area contributed by atoms with Crippen molar-refractivity contribution >= 4 is 28.4 Å². The van der Waals surface area contributed by atoms with Crippen molar-refractivity contribution in [3.63, 3.8) is 0 Å². The van der Waals surface area contributed by atoms with Crippen LogP contribution in [-0.2, 0) is 0 Å². The zero-order valence-corrected chi connectivity index (χ0v) is 16.3. The van der Waals surface area contributed by atoms with E-state index in [0.29, 0.717) is 5.82 Å². The number of aromatic nitrogens is 4. The van der Waals surface area contributed by atoms with Crippen LogP contribution in [-0.4, -0.2) is 51.2 Å². The normalized spacial score (nSPS) is 14.3. The third kappa shape index (κ3) is 3.43. The minimum atomic E-state index is 0.280. The molecular formula is C22H21N7O. The number of nitrogens with two attached hydrogens (primary N) is 1. The standard InChI is InChI=1S/C22H21N7O/c23-20-13-15(7-8-24-20)18-5-6-19-21(27-18)22(26-14-25-19)29-11-9-28(10-12-29)16-1-3-17(30)4-2-16/h1-8,13-14,30H,9-12H2,(H2,23,24). The largest absolute Gasteiger partial charge is 0.508 e. The van der Waals surface area contributed by atoms with E-state index in [1.54, 1.807) is 24.7 Å². The van der Waals surface area contributed by atoms with Gasteiger partial charge in [-0.25, -0.2) is 19.9 Å². The summed E-state index contributed by atoms with van der Waals surface area (Å²) in [4.78, 5) is 22.4. The fraction of sp³-hybridized carbons (Fsp3) is 0.182. The van der Waals surface area contributed by atoms with E-state index in [4.69, 9.17) is 10.7 Å². The number of aromatic hydroxyl groups is 1. The Labute approximate surface area is 173 Å². The van der Waals surface area contributed by atoms with E-state index in [1.807, 2.05) is 36.4 Å². The molecule has 1 saturated heterocycles. The first-order valence-electron chi connectivity index (χ1n) is 9.80. The predicted octanol–water partition coefficient (Wildman–Crippen LogP) is 2.70. The van der Waals surface area contributed by atoms with Crippen molar-refractivity contribution in [3.05, 3.63) is 61.1 Å². The van der Waals surface area contributed by atoms with Crippen LogP contribution in [0.1, 0.15) is 0 Å². The second-order valence-corrected chi connectivity index (χ2v) is 7.22. The van der Waals surface area contributed by atoms with Crippen LogP contribution in [0.25, 0.3) is 22.3 Å². The third-order valence-corrected chi connectivity index (χ3v) is 5.33. The number of benzene rings is 1. The quantitative estimate of drug-likeness (QED) is 0.542. The molecule has 0 saturated carbocycles. The van der Waals surface area contributed by atoms with E-state index in [0.717, 1.165) is 60.0 Å². The Hall–Kier alpha value is -3.94. The van der Waals surface area contributed by atoms with Gasteiger partial charge in [-0.2, -0.15) is 0 Å². The number of nitrogens with zero attached hydrogens (tertiary/aromatic N) is 6. The molecule has 8 nitrogen and oxygen atoms in total. The summed E-state index contributed by atoms with van der Waals surface area (Å²) in [5, 5.41) is 9.51. The van der Waals surface area contributed by atoms with Gasteiger partial charge >= 0.3 is 0 Å². The molecule has 3 aromatic heterocycles. The Bertz CT molecular complexity index is 1190. The number of piperazine rings is 1. The average Bonchev–Trinajstić information content (AvgIpc) is 2.79. The number of hydrogen-bond donors (Lipinski definition) is 2. The van der Waals surface area contributed by atoms with Crippen LogP contribution < -0.4 is 15.5 Å².